The van der Waals surface area contributed by atoms with Crippen LogP contribution in [0, 0.1) is 0 Å². The van der Waals surface area contributed by atoms with E-state index in [2.05, 4.69) is 5.32 Å². The predicted molar refractivity (Wildman–Crippen MR) is 81.8 cm³/mol. The molecule has 21 heavy (non-hydrogen) atoms. The third-order valence-corrected chi connectivity index (χ3v) is 3.38. The van der Waals surface area contributed by atoms with Gasteiger partial charge in [-0.1, -0.05) is 12.1 Å². The van der Waals surface area contributed by atoms with Crippen LogP contribution < -0.4 is 5.32 Å². The van der Waals surface area contributed by atoms with Crippen molar-refractivity contribution in [3.8, 4) is 5.75 Å². The first-order chi connectivity index (χ1) is 9.63. The second-order valence-corrected chi connectivity index (χ2v) is 4.72. The van der Waals surface area contributed by atoms with Crippen molar-refractivity contribution < 1.29 is 14.7 Å². The van der Waals surface area contributed by atoms with Gasteiger partial charge in [0.05, 0.1) is 12.1 Å². The van der Waals surface area contributed by atoms with E-state index in [1.165, 1.54) is 6.07 Å². The molecule has 2 rings (SSSR count). The van der Waals surface area contributed by atoms with Gasteiger partial charge in [0.2, 0.25) is 5.91 Å². The molecule has 1 aromatic rings. The number of halogens is 1. The Hall–Kier alpha value is -1.79. The number of nitrogens with one attached hydrogen (secondary N) is 1. The predicted octanol–water partition coefficient (Wildman–Crippen LogP) is 0.318. The summed E-state index contributed by atoms with van der Waals surface area (Å²) in [6.07, 6.45) is 0. The van der Waals surface area contributed by atoms with Crippen LogP contribution in [-0.2, 0) is 4.79 Å². The lowest BCUT2D eigenvalue weighted by atomic mass is 10.1. The number of nitrogens with zero attached hydrogens (tertiary/aromatic N) is 2. The summed E-state index contributed by atoms with van der Waals surface area (Å²) in [5.41, 5.74) is 0.308. The molecule has 0 atom stereocenters. The van der Waals surface area contributed by atoms with Crippen LogP contribution >= 0.6 is 12.4 Å². The van der Waals surface area contributed by atoms with E-state index >= 15 is 0 Å². The van der Waals surface area contributed by atoms with Crippen molar-refractivity contribution in [2.24, 2.45) is 0 Å². The van der Waals surface area contributed by atoms with Gasteiger partial charge >= 0.3 is 0 Å². The highest BCUT2D eigenvalue weighted by Gasteiger charge is 2.25. The molecule has 1 heterocycles. The second-order valence-electron chi connectivity index (χ2n) is 4.72. The molecule has 6 nitrogen and oxygen atoms in total. The topological polar surface area (TPSA) is 72.9 Å². The van der Waals surface area contributed by atoms with E-state index in [1.54, 1.807) is 35.0 Å². The van der Waals surface area contributed by atoms with Crippen LogP contribution in [0.3, 0.4) is 0 Å². The fraction of sp³-hybridized carbons (Fsp3) is 0.429. The lowest BCUT2D eigenvalue weighted by Crippen LogP contribution is -2.52. The van der Waals surface area contributed by atoms with Crippen molar-refractivity contribution in [3.63, 3.8) is 0 Å². The van der Waals surface area contributed by atoms with Crippen LogP contribution in [0.2, 0.25) is 0 Å². The Morgan fingerprint density at radius 3 is 2.29 bits per heavy atom. The highest BCUT2D eigenvalue weighted by Crippen LogP contribution is 2.18. The number of carbonyl (C=O) groups excluding carboxylic acids is 2. The molecule has 1 saturated heterocycles. The molecule has 1 aliphatic rings. The largest absolute Gasteiger partial charge is 0.507 e. The number of hydrogen-bond donors (Lipinski definition) is 2. The van der Waals surface area contributed by atoms with Crippen molar-refractivity contribution in [2.75, 3.05) is 39.8 Å². The summed E-state index contributed by atoms with van der Waals surface area (Å²) in [6.45, 7) is 2.35. The maximum atomic E-state index is 12.3. The van der Waals surface area contributed by atoms with Crippen molar-refractivity contribution in [1.82, 2.24) is 15.1 Å². The number of phenolic OH excluding ortho intramolecular Hbond substituents is 1. The summed E-state index contributed by atoms with van der Waals surface area (Å²) in [5.74, 6) is -0.155. The van der Waals surface area contributed by atoms with Gasteiger partial charge in [-0.25, -0.2) is 0 Å². The van der Waals surface area contributed by atoms with Gasteiger partial charge in [0, 0.05) is 26.2 Å². The SMILES string of the molecule is CNCC(=O)N1CCN(C(=O)c2ccccc2O)CC1.Cl. The molecule has 0 aromatic heterocycles. The normalized spacial score (nSPS) is 14.5. The van der Waals surface area contributed by atoms with E-state index in [0.29, 0.717) is 38.3 Å². The summed E-state index contributed by atoms with van der Waals surface area (Å²) in [5, 5.41) is 12.5. The second kappa shape index (κ2) is 7.85. The zero-order valence-corrected chi connectivity index (χ0v) is 12.7. The number of piperazine rings is 1. The molecule has 0 spiro atoms. The Morgan fingerprint density at radius 2 is 1.71 bits per heavy atom. The summed E-state index contributed by atoms with van der Waals surface area (Å²) in [7, 11) is 1.73. The Kier molecular flexibility index (Phi) is 6.45. The maximum absolute atomic E-state index is 12.3. The summed E-state index contributed by atoms with van der Waals surface area (Å²) in [6, 6.07) is 6.51. The first-order valence-corrected chi connectivity index (χ1v) is 6.63. The zero-order chi connectivity index (χ0) is 14.5. The van der Waals surface area contributed by atoms with Gasteiger partial charge < -0.3 is 20.2 Å². The summed E-state index contributed by atoms with van der Waals surface area (Å²) >= 11 is 0. The monoisotopic (exact) mass is 313 g/mol. The standard InChI is InChI=1S/C14H19N3O3.ClH/c1-15-10-13(19)16-6-8-17(9-7-16)14(20)11-4-2-3-5-12(11)18;/h2-5,15,18H,6-10H2,1H3;1H. The smallest absolute Gasteiger partial charge is 0.257 e. The van der Waals surface area contributed by atoms with E-state index in [-0.39, 0.29) is 30.0 Å². The molecule has 2 N–H and O–H groups in total. The molecule has 1 aliphatic heterocycles. The molecular weight excluding hydrogens is 294 g/mol. The maximum Gasteiger partial charge on any atom is 0.257 e. The number of phenols is 1. The molecule has 116 valence electrons. The first kappa shape index (κ1) is 17.3. The van der Waals surface area contributed by atoms with Crippen molar-refractivity contribution in [1.29, 1.82) is 0 Å². The minimum atomic E-state index is -0.191. The van der Waals surface area contributed by atoms with Crippen LogP contribution in [0.4, 0.5) is 0 Å². The number of carbonyl (C=O) groups is 2. The molecule has 0 radical (unpaired) electrons. The lowest BCUT2D eigenvalue weighted by molar-refractivity contribution is -0.131. The van der Waals surface area contributed by atoms with Crippen LogP contribution in [0.25, 0.3) is 0 Å². The average molecular weight is 314 g/mol. The van der Waals surface area contributed by atoms with Crippen molar-refractivity contribution in [2.45, 2.75) is 0 Å². The zero-order valence-electron chi connectivity index (χ0n) is 11.9. The number of rotatable bonds is 3. The van der Waals surface area contributed by atoms with E-state index in [1.807, 2.05) is 0 Å². The Balaban J connectivity index is 0.00000220. The quantitative estimate of drug-likeness (QED) is 0.843. The van der Waals surface area contributed by atoms with Crippen LogP contribution in [0.5, 0.6) is 5.75 Å². The van der Waals surface area contributed by atoms with Gasteiger partial charge in [0.1, 0.15) is 5.75 Å². The third kappa shape index (κ3) is 4.09. The van der Waals surface area contributed by atoms with Gasteiger partial charge in [-0.15, -0.1) is 12.4 Å². The highest BCUT2D eigenvalue weighted by molar-refractivity contribution is 5.97. The number of benzene rings is 1. The number of para-hydroxylation sites is 1. The molecule has 0 aliphatic carbocycles. The van der Waals surface area contributed by atoms with Crippen molar-refractivity contribution in [3.05, 3.63) is 29.8 Å². The van der Waals surface area contributed by atoms with E-state index in [9.17, 15) is 14.7 Å². The summed E-state index contributed by atoms with van der Waals surface area (Å²) in [4.78, 5) is 27.4. The average Bonchev–Trinajstić information content (AvgIpc) is 2.47. The Labute approximate surface area is 130 Å². The fourth-order valence-corrected chi connectivity index (χ4v) is 2.25. The number of hydrogen-bond acceptors (Lipinski definition) is 4. The van der Waals surface area contributed by atoms with E-state index in [0.717, 1.165) is 0 Å². The van der Waals surface area contributed by atoms with Crippen molar-refractivity contribution >= 4 is 24.2 Å². The Morgan fingerprint density at radius 1 is 1.14 bits per heavy atom. The van der Waals surface area contributed by atoms with E-state index < -0.39 is 0 Å². The van der Waals surface area contributed by atoms with Gasteiger partial charge in [0.15, 0.2) is 0 Å². The van der Waals surface area contributed by atoms with Gasteiger partial charge in [-0.2, -0.15) is 0 Å². The van der Waals surface area contributed by atoms with Crippen LogP contribution in [-0.4, -0.2) is 66.5 Å². The minimum Gasteiger partial charge on any atom is -0.507 e. The lowest BCUT2D eigenvalue weighted by Gasteiger charge is -2.34. The van der Waals surface area contributed by atoms with Crippen LogP contribution in [0.1, 0.15) is 10.4 Å². The first-order valence-electron chi connectivity index (χ1n) is 6.63. The molecule has 1 aromatic carbocycles. The molecule has 1 fully saturated rings. The molecule has 2 amide bonds. The van der Waals surface area contributed by atoms with Crippen LogP contribution in [0.15, 0.2) is 24.3 Å². The molecule has 7 heteroatoms. The fourth-order valence-electron chi connectivity index (χ4n) is 2.25. The summed E-state index contributed by atoms with van der Waals surface area (Å²) < 4.78 is 0. The minimum absolute atomic E-state index is 0. The molecule has 0 unspecified atom stereocenters. The number of aromatic hydroxyl groups is 1. The number of amides is 2. The van der Waals surface area contributed by atoms with Gasteiger partial charge in [0.25, 0.3) is 5.91 Å². The molecule has 0 bridgehead atoms. The highest BCUT2D eigenvalue weighted by atomic mass is 35.5. The third-order valence-electron chi connectivity index (χ3n) is 3.38. The molecular formula is C14H20ClN3O3. The van der Waals surface area contributed by atoms with E-state index in [4.69, 9.17) is 0 Å². The molecule has 0 saturated carbocycles. The van der Waals surface area contributed by atoms with Gasteiger partial charge in [-0.3, -0.25) is 9.59 Å². The number of likely N-dealkylation sites (N-methyl/N-ethyl adjacent to an activating group) is 1. The van der Waals surface area contributed by atoms with Gasteiger partial charge in [-0.05, 0) is 19.2 Å². The Bertz CT molecular complexity index is 502.